The van der Waals surface area contributed by atoms with Crippen LogP contribution in [0.25, 0.3) is 0 Å². The molecular formula is C6H9NaO5S. The van der Waals surface area contributed by atoms with Gasteiger partial charge in [0.05, 0.1) is 15.9 Å². The second kappa shape index (κ2) is 7.52. The van der Waals surface area contributed by atoms with Crippen LogP contribution < -0.4 is 29.6 Å². The Morgan fingerprint density at radius 2 is 2.08 bits per heavy atom. The first-order chi connectivity index (χ1) is 5.45. The van der Waals surface area contributed by atoms with Crippen LogP contribution >= 0.6 is 0 Å². The van der Waals surface area contributed by atoms with Crippen molar-refractivity contribution in [3.63, 3.8) is 0 Å². The first-order valence-electron chi connectivity index (χ1n) is 3.18. The molecule has 0 aliphatic carbocycles. The normalized spacial score (nSPS) is 10.9. The first-order valence-corrected chi connectivity index (χ1v) is 4.76. The number of carbonyl (C=O) groups excluding carboxylic acids is 1. The molecule has 70 valence electrons. The van der Waals surface area contributed by atoms with Crippen LogP contribution in [0.3, 0.4) is 0 Å². The van der Waals surface area contributed by atoms with Gasteiger partial charge in [0.15, 0.2) is 0 Å². The molecule has 0 saturated carbocycles. The summed E-state index contributed by atoms with van der Waals surface area (Å²) in [5.74, 6) is -1.34. The fourth-order valence-electron chi connectivity index (χ4n) is 0.429. The Morgan fingerprint density at radius 3 is 2.46 bits per heavy atom. The molecule has 0 atom stereocenters. The Labute approximate surface area is 99.2 Å². The summed E-state index contributed by atoms with van der Waals surface area (Å²) in [6.07, 6.45) is 2.59. The molecule has 0 N–H and O–H groups in total. The molecule has 0 radical (unpaired) electrons. The maximum absolute atomic E-state index is 10.5. The average molecular weight is 216 g/mol. The minimum atomic E-state index is -4.29. The van der Waals surface area contributed by atoms with Crippen molar-refractivity contribution < 1.29 is 52.1 Å². The van der Waals surface area contributed by atoms with Crippen LogP contribution in [-0.2, 0) is 19.6 Å². The van der Waals surface area contributed by atoms with Gasteiger partial charge in [-0.05, 0) is 6.92 Å². The number of carbonyl (C=O) groups is 1. The Hall–Kier alpha value is 0.120. The van der Waals surface area contributed by atoms with Crippen LogP contribution in [0, 0.1) is 0 Å². The number of esters is 1. The van der Waals surface area contributed by atoms with E-state index in [0.717, 1.165) is 6.08 Å². The van der Waals surface area contributed by atoms with Gasteiger partial charge in [-0.2, -0.15) is 0 Å². The van der Waals surface area contributed by atoms with Crippen molar-refractivity contribution in [2.24, 2.45) is 0 Å². The van der Waals surface area contributed by atoms with Crippen LogP contribution in [0.4, 0.5) is 0 Å². The molecular weight excluding hydrogens is 207 g/mol. The largest absolute Gasteiger partial charge is 1.00 e. The molecule has 0 aromatic heterocycles. The van der Waals surface area contributed by atoms with Crippen LogP contribution in [0.1, 0.15) is 6.92 Å². The van der Waals surface area contributed by atoms with E-state index in [2.05, 4.69) is 4.74 Å². The van der Waals surface area contributed by atoms with Crippen molar-refractivity contribution >= 4 is 16.1 Å². The van der Waals surface area contributed by atoms with E-state index < -0.39 is 28.4 Å². The maximum atomic E-state index is 10.5. The van der Waals surface area contributed by atoms with Crippen molar-refractivity contribution in [2.75, 3.05) is 12.4 Å². The fraction of sp³-hybridized carbons (Fsp3) is 0.500. The van der Waals surface area contributed by atoms with Gasteiger partial charge in [-0.15, -0.1) is 0 Å². The molecule has 0 amide bonds. The number of allylic oxidation sites excluding steroid dienone is 1. The van der Waals surface area contributed by atoms with Gasteiger partial charge in [-0.25, -0.2) is 13.2 Å². The minimum absolute atomic E-state index is 0. The predicted octanol–water partition coefficient (Wildman–Crippen LogP) is -3.35. The smallest absolute Gasteiger partial charge is 0.748 e. The zero-order valence-corrected chi connectivity index (χ0v) is 10.3. The van der Waals surface area contributed by atoms with Crippen molar-refractivity contribution in [1.82, 2.24) is 0 Å². The van der Waals surface area contributed by atoms with E-state index in [9.17, 15) is 17.8 Å². The third kappa shape index (κ3) is 12.1. The first kappa shape index (κ1) is 15.6. The van der Waals surface area contributed by atoms with Crippen LogP contribution in [0.2, 0.25) is 0 Å². The van der Waals surface area contributed by atoms with Gasteiger partial charge in [-0.3, -0.25) is 0 Å². The van der Waals surface area contributed by atoms with E-state index in [1.165, 1.54) is 6.08 Å². The molecule has 0 bridgehead atoms. The zero-order valence-electron chi connectivity index (χ0n) is 7.52. The molecule has 5 nitrogen and oxygen atoms in total. The second-order valence-electron chi connectivity index (χ2n) is 1.93. The Kier molecular flexibility index (Phi) is 9.01. The number of hydrogen-bond acceptors (Lipinski definition) is 5. The van der Waals surface area contributed by atoms with E-state index in [-0.39, 0.29) is 29.6 Å². The Bertz CT molecular complexity index is 269. The summed E-state index contributed by atoms with van der Waals surface area (Å²) in [6, 6.07) is 0. The number of rotatable bonds is 4. The van der Waals surface area contributed by atoms with E-state index in [0.29, 0.717) is 0 Å². The number of ether oxygens (including phenoxy) is 1. The summed E-state index contributed by atoms with van der Waals surface area (Å²) in [7, 11) is -4.29. The SMILES string of the molecule is CC=CC(=O)OCCS(=O)(=O)[O-].[Na+]. The van der Waals surface area contributed by atoms with Gasteiger partial charge in [0.25, 0.3) is 0 Å². The van der Waals surface area contributed by atoms with Crippen molar-refractivity contribution in [2.45, 2.75) is 6.92 Å². The quantitative estimate of drug-likeness (QED) is 0.212. The van der Waals surface area contributed by atoms with Gasteiger partial charge in [0.1, 0.15) is 6.61 Å². The van der Waals surface area contributed by atoms with E-state index in [1.54, 1.807) is 6.92 Å². The summed E-state index contributed by atoms with van der Waals surface area (Å²) >= 11 is 0. The maximum Gasteiger partial charge on any atom is 1.00 e. The predicted molar refractivity (Wildman–Crippen MR) is 40.3 cm³/mol. The van der Waals surface area contributed by atoms with Gasteiger partial charge < -0.3 is 9.29 Å². The molecule has 13 heavy (non-hydrogen) atoms. The molecule has 7 heteroatoms. The molecule has 0 spiro atoms. The molecule has 0 saturated heterocycles. The van der Waals surface area contributed by atoms with Gasteiger partial charge in [-0.1, -0.05) is 6.08 Å². The van der Waals surface area contributed by atoms with E-state index in [4.69, 9.17) is 0 Å². The molecule has 0 fully saturated rings. The van der Waals surface area contributed by atoms with Crippen molar-refractivity contribution in [1.29, 1.82) is 0 Å². The molecule has 0 aliphatic heterocycles. The van der Waals surface area contributed by atoms with Gasteiger partial charge >= 0.3 is 35.5 Å². The van der Waals surface area contributed by atoms with Crippen molar-refractivity contribution in [3.05, 3.63) is 12.2 Å². The van der Waals surface area contributed by atoms with Gasteiger partial charge in [0, 0.05) is 6.08 Å². The summed E-state index contributed by atoms with van der Waals surface area (Å²) in [6.45, 7) is 1.22. The van der Waals surface area contributed by atoms with Gasteiger partial charge in [0.2, 0.25) is 0 Å². The molecule has 0 heterocycles. The standard InChI is InChI=1S/C6H10O5S.Na/c1-2-3-6(7)11-4-5-12(8,9)10;/h2-3H,4-5H2,1H3,(H,8,9,10);/q;+1/p-1. The monoisotopic (exact) mass is 216 g/mol. The van der Waals surface area contributed by atoms with E-state index in [1.807, 2.05) is 0 Å². The minimum Gasteiger partial charge on any atom is -0.748 e. The topological polar surface area (TPSA) is 83.5 Å². The second-order valence-corrected chi connectivity index (χ2v) is 3.45. The molecule has 0 aromatic rings. The van der Waals surface area contributed by atoms with Crippen LogP contribution in [0.5, 0.6) is 0 Å². The van der Waals surface area contributed by atoms with Crippen LogP contribution in [0.15, 0.2) is 12.2 Å². The summed E-state index contributed by atoms with van der Waals surface area (Å²) < 4.78 is 34.4. The number of hydrogen-bond donors (Lipinski definition) is 0. The van der Waals surface area contributed by atoms with Crippen LogP contribution in [-0.4, -0.2) is 31.3 Å². The summed E-state index contributed by atoms with van der Waals surface area (Å²) in [5.41, 5.74) is 0. The summed E-state index contributed by atoms with van der Waals surface area (Å²) in [4.78, 5) is 10.5. The summed E-state index contributed by atoms with van der Waals surface area (Å²) in [5, 5.41) is 0. The zero-order chi connectivity index (χ0) is 9.61. The Morgan fingerprint density at radius 1 is 1.54 bits per heavy atom. The molecule has 0 rings (SSSR count). The van der Waals surface area contributed by atoms with E-state index >= 15 is 0 Å². The average Bonchev–Trinajstić information content (AvgIpc) is 1.84. The van der Waals surface area contributed by atoms with Crippen molar-refractivity contribution in [3.8, 4) is 0 Å². The fourth-order valence-corrected chi connectivity index (χ4v) is 0.716. The third-order valence-electron chi connectivity index (χ3n) is 0.880. The molecule has 0 unspecified atom stereocenters. The Balaban J connectivity index is 0. The molecule has 0 aliphatic rings. The third-order valence-corrected chi connectivity index (χ3v) is 1.55. The molecule has 0 aromatic carbocycles.